The number of piperazine rings is 1. The molecule has 190 valence electrons. The van der Waals surface area contributed by atoms with Crippen LogP contribution in [0.5, 0.6) is 11.5 Å². The fourth-order valence-electron chi connectivity index (χ4n) is 4.77. The van der Waals surface area contributed by atoms with Gasteiger partial charge in [-0.15, -0.1) is 0 Å². The van der Waals surface area contributed by atoms with Gasteiger partial charge in [0.15, 0.2) is 0 Å². The number of benzene rings is 2. The Morgan fingerprint density at radius 2 is 1.81 bits per heavy atom. The standard InChI is InChI=1S/C30H31N3O4/c1-21(15-30(34)33-13-11-32(12-14-33)19-22-7-9-31-10-8-22)25-17-26-27(20-37-29(26)18-28(25)36-3)23-5-4-6-24(16-23)35-2/h4-10,15-18,20H,11-14,19H2,1-3H3/b21-15+. The van der Waals surface area contributed by atoms with E-state index in [1.807, 2.05) is 72.7 Å². The van der Waals surface area contributed by atoms with Gasteiger partial charge in [0.1, 0.15) is 17.1 Å². The Morgan fingerprint density at radius 1 is 1.03 bits per heavy atom. The maximum absolute atomic E-state index is 13.2. The molecule has 0 spiro atoms. The molecule has 0 aliphatic carbocycles. The third kappa shape index (κ3) is 5.37. The summed E-state index contributed by atoms with van der Waals surface area (Å²) in [5.74, 6) is 1.47. The Hall–Kier alpha value is -4.10. The second-order valence-electron chi connectivity index (χ2n) is 9.21. The van der Waals surface area contributed by atoms with Crippen LogP contribution in [0.15, 0.2) is 77.7 Å². The van der Waals surface area contributed by atoms with Crippen molar-refractivity contribution in [3.05, 3.63) is 84.4 Å². The van der Waals surface area contributed by atoms with E-state index in [0.717, 1.165) is 58.6 Å². The van der Waals surface area contributed by atoms with Crippen molar-refractivity contribution < 1.29 is 18.7 Å². The number of hydrogen-bond donors (Lipinski definition) is 0. The van der Waals surface area contributed by atoms with Gasteiger partial charge in [-0.1, -0.05) is 12.1 Å². The molecule has 1 aliphatic rings. The molecular weight excluding hydrogens is 466 g/mol. The third-order valence-corrected chi connectivity index (χ3v) is 6.88. The molecule has 4 aromatic rings. The zero-order chi connectivity index (χ0) is 25.8. The molecule has 7 heteroatoms. The Bertz CT molecular complexity index is 1420. The number of pyridine rings is 1. The molecule has 0 N–H and O–H groups in total. The summed E-state index contributed by atoms with van der Waals surface area (Å²) in [5.41, 5.74) is 5.63. The van der Waals surface area contributed by atoms with Gasteiger partial charge in [-0.2, -0.15) is 0 Å². The van der Waals surface area contributed by atoms with E-state index in [1.165, 1.54) is 5.56 Å². The van der Waals surface area contributed by atoms with Gasteiger partial charge in [-0.25, -0.2) is 0 Å². The summed E-state index contributed by atoms with van der Waals surface area (Å²) in [7, 11) is 3.29. The van der Waals surface area contributed by atoms with Gasteiger partial charge in [0.05, 0.1) is 20.5 Å². The number of hydrogen-bond acceptors (Lipinski definition) is 6. The first-order valence-corrected chi connectivity index (χ1v) is 12.4. The molecule has 1 amide bonds. The molecule has 1 fully saturated rings. The average molecular weight is 498 g/mol. The zero-order valence-corrected chi connectivity index (χ0v) is 21.4. The van der Waals surface area contributed by atoms with Crippen LogP contribution in [0, 0.1) is 0 Å². The summed E-state index contributed by atoms with van der Waals surface area (Å²) < 4.78 is 16.9. The first kappa shape index (κ1) is 24.6. The molecule has 7 nitrogen and oxygen atoms in total. The predicted octanol–water partition coefficient (Wildman–Crippen LogP) is 5.26. The van der Waals surface area contributed by atoms with Crippen molar-refractivity contribution in [3.8, 4) is 22.6 Å². The normalized spacial score (nSPS) is 14.7. The summed E-state index contributed by atoms with van der Waals surface area (Å²) in [6, 6.07) is 15.9. The number of aromatic nitrogens is 1. The van der Waals surface area contributed by atoms with Crippen LogP contribution in [-0.4, -0.2) is 61.1 Å². The van der Waals surface area contributed by atoms with Crippen molar-refractivity contribution in [2.24, 2.45) is 0 Å². The molecule has 5 rings (SSSR count). The number of carbonyl (C=O) groups excluding carboxylic acids is 1. The van der Waals surface area contributed by atoms with Crippen molar-refractivity contribution in [1.29, 1.82) is 0 Å². The van der Waals surface area contributed by atoms with Crippen molar-refractivity contribution >= 4 is 22.4 Å². The monoisotopic (exact) mass is 497 g/mol. The third-order valence-electron chi connectivity index (χ3n) is 6.88. The Labute approximate surface area is 216 Å². The molecule has 37 heavy (non-hydrogen) atoms. The fourth-order valence-corrected chi connectivity index (χ4v) is 4.77. The molecule has 1 aliphatic heterocycles. The van der Waals surface area contributed by atoms with Crippen LogP contribution in [0.4, 0.5) is 0 Å². The number of allylic oxidation sites excluding steroid dienone is 1. The highest BCUT2D eigenvalue weighted by molar-refractivity contribution is 6.00. The predicted molar refractivity (Wildman–Crippen MR) is 144 cm³/mol. The van der Waals surface area contributed by atoms with Crippen molar-refractivity contribution in [2.75, 3.05) is 40.4 Å². The summed E-state index contributed by atoms with van der Waals surface area (Å²) in [5, 5.41) is 0.953. The average Bonchev–Trinajstić information content (AvgIpc) is 3.36. The molecule has 1 saturated heterocycles. The Morgan fingerprint density at radius 3 is 2.54 bits per heavy atom. The van der Waals surface area contributed by atoms with Gasteiger partial charge in [-0.3, -0.25) is 14.7 Å². The number of methoxy groups -OCH3 is 2. The van der Waals surface area contributed by atoms with Crippen LogP contribution in [0.2, 0.25) is 0 Å². The number of carbonyl (C=O) groups is 1. The summed E-state index contributed by atoms with van der Waals surface area (Å²) >= 11 is 0. The topological polar surface area (TPSA) is 68.0 Å². The lowest BCUT2D eigenvalue weighted by atomic mass is 9.99. The zero-order valence-electron chi connectivity index (χ0n) is 21.4. The lowest BCUT2D eigenvalue weighted by Gasteiger charge is -2.34. The number of furan rings is 1. The minimum atomic E-state index is 0.0171. The van der Waals surface area contributed by atoms with Crippen LogP contribution in [-0.2, 0) is 11.3 Å². The number of amides is 1. The van der Waals surface area contributed by atoms with Gasteiger partial charge in [0.2, 0.25) is 5.91 Å². The highest BCUT2D eigenvalue weighted by Crippen LogP contribution is 2.38. The largest absolute Gasteiger partial charge is 0.497 e. The summed E-state index contributed by atoms with van der Waals surface area (Å²) in [6.45, 7) is 5.91. The van der Waals surface area contributed by atoms with Crippen LogP contribution in [0.1, 0.15) is 18.1 Å². The number of rotatable bonds is 7. The van der Waals surface area contributed by atoms with Crippen LogP contribution >= 0.6 is 0 Å². The van der Waals surface area contributed by atoms with Crippen molar-refractivity contribution in [1.82, 2.24) is 14.8 Å². The SMILES string of the molecule is COc1cccc(-c2coc3cc(OC)c(/C(C)=C/C(=O)N4CCN(Cc5ccncc5)CC4)cc23)c1. The van der Waals surface area contributed by atoms with Gasteiger partial charge >= 0.3 is 0 Å². The Balaban J connectivity index is 1.35. The smallest absolute Gasteiger partial charge is 0.246 e. The Kier molecular flexibility index (Phi) is 7.23. The molecule has 3 heterocycles. The highest BCUT2D eigenvalue weighted by Gasteiger charge is 2.21. The van der Waals surface area contributed by atoms with Crippen molar-refractivity contribution in [2.45, 2.75) is 13.5 Å². The van der Waals surface area contributed by atoms with E-state index in [4.69, 9.17) is 13.9 Å². The molecule has 0 atom stereocenters. The summed E-state index contributed by atoms with van der Waals surface area (Å²) in [4.78, 5) is 21.5. The van der Waals surface area contributed by atoms with E-state index in [0.29, 0.717) is 18.8 Å². The van der Waals surface area contributed by atoms with E-state index in [2.05, 4.69) is 9.88 Å². The van der Waals surface area contributed by atoms with Gasteiger partial charge in [0.25, 0.3) is 0 Å². The van der Waals surface area contributed by atoms with Gasteiger partial charge in [0, 0.05) is 73.8 Å². The minimum absolute atomic E-state index is 0.0171. The fraction of sp³-hybridized carbons (Fsp3) is 0.267. The molecule has 0 bridgehead atoms. The number of fused-ring (bicyclic) bond motifs is 1. The second-order valence-corrected chi connectivity index (χ2v) is 9.21. The molecular formula is C30H31N3O4. The van der Waals surface area contributed by atoms with E-state index in [1.54, 1.807) is 26.6 Å². The maximum Gasteiger partial charge on any atom is 0.246 e. The lowest BCUT2D eigenvalue weighted by Crippen LogP contribution is -2.47. The van der Waals surface area contributed by atoms with Crippen molar-refractivity contribution in [3.63, 3.8) is 0 Å². The molecule has 2 aromatic heterocycles. The minimum Gasteiger partial charge on any atom is -0.497 e. The molecule has 2 aromatic carbocycles. The van der Waals surface area contributed by atoms with Crippen LogP contribution in [0.25, 0.3) is 27.7 Å². The maximum atomic E-state index is 13.2. The van der Waals surface area contributed by atoms with Crippen LogP contribution < -0.4 is 9.47 Å². The number of ether oxygens (including phenoxy) is 2. The van der Waals surface area contributed by atoms with Crippen LogP contribution in [0.3, 0.4) is 0 Å². The van der Waals surface area contributed by atoms with E-state index in [9.17, 15) is 4.79 Å². The van der Waals surface area contributed by atoms with Gasteiger partial charge < -0.3 is 18.8 Å². The van der Waals surface area contributed by atoms with Gasteiger partial charge in [-0.05, 0) is 54.0 Å². The highest BCUT2D eigenvalue weighted by atomic mass is 16.5. The molecule has 0 unspecified atom stereocenters. The quantitative estimate of drug-likeness (QED) is 0.325. The van der Waals surface area contributed by atoms with E-state index < -0.39 is 0 Å². The second kappa shape index (κ2) is 10.9. The first-order valence-electron chi connectivity index (χ1n) is 12.4. The first-order chi connectivity index (χ1) is 18.1. The number of nitrogens with zero attached hydrogens (tertiary/aromatic N) is 3. The lowest BCUT2D eigenvalue weighted by molar-refractivity contribution is -0.127. The van der Waals surface area contributed by atoms with E-state index in [-0.39, 0.29) is 5.91 Å². The van der Waals surface area contributed by atoms with E-state index >= 15 is 0 Å². The molecule has 0 saturated carbocycles. The molecule has 0 radical (unpaired) electrons. The summed E-state index contributed by atoms with van der Waals surface area (Å²) in [6.07, 6.45) is 7.10.